The molecule has 0 amide bonds. The molecule has 1 heterocycles. The van der Waals surface area contributed by atoms with Crippen LogP contribution in [0.4, 0.5) is 11.4 Å². The fourth-order valence-electron chi connectivity index (χ4n) is 1.68. The van der Waals surface area contributed by atoms with Gasteiger partial charge in [0.2, 0.25) is 0 Å². The number of ether oxygens (including phenoxy) is 1. The predicted molar refractivity (Wildman–Crippen MR) is 68.5 cm³/mol. The Morgan fingerprint density at radius 3 is 2.83 bits per heavy atom. The molecule has 1 N–H and O–H groups in total. The molecular formula is C12H13N3O3. The third-order valence-electron chi connectivity index (χ3n) is 2.65. The second-order valence-corrected chi connectivity index (χ2v) is 3.81. The van der Waals surface area contributed by atoms with Crippen LogP contribution in [0.25, 0.3) is 10.9 Å². The summed E-state index contributed by atoms with van der Waals surface area (Å²) < 4.78 is 5.08. The van der Waals surface area contributed by atoms with Crippen molar-refractivity contribution in [3.63, 3.8) is 0 Å². The van der Waals surface area contributed by atoms with E-state index in [2.05, 4.69) is 10.3 Å². The summed E-state index contributed by atoms with van der Waals surface area (Å²) >= 11 is 0. The van der Waals surface area contributed by atoms with Crippen LogP contribution in [0.3, 0.4) is 0 Å². The van der Waals surface area contributed by atoms with E-state index in [-0.39, 0.29) is 11.9 Å². The number of methoxy groups -OCH3 is 1. The van der Waals surface area contributed by atoms with Gasteiger partial charge in [-0.2, -0.15) is 0 Å². The Morgan fingerprint density at radius 2 is 2.17 bits per heavy atom. The standard InChI is InChI=1S/C12H13N3O3/c1-8(18-2)14-12-9-5-3-4-6-10(9)13-7-11(12)15(16)17/h3-8H,1-2H3,(H,13,14). The highest BCUT2D eigenvalue weighted by atomic mass is 16.6. The molecule has 94 valence electrons. The summed E-state index contributed by atoms with van der Waals surface area (Å²) in [5.41, 5.74) is 1.08. The molecule has 1 aromatic carbocycles. The fraction of sp³-hybridized carbons (Fsp3) is 0.250. The largest absolute Gasteiger partial charge is 0.362 e. The van der Waals surface area contributed by atoms with Crippen LogP contribution in [0.2, 0.25) is 0 Å². The number of rotatable bonds is 4. The second kappa shape index (κ2) is 4.97. The van der Waals surface area contributed by atoms with Crippen molar-refractivity contribution in [2.45, 2.75) is 13.2 Å². The second-order valence-electron chi connectivity index (χ2n) is 3.81. The van der Waals surface area contributed by atoms with E-state index in [9.17, 15) is 10.1 Å². The molecule has 0 bridgehead atoms. The number of benzene rings is 1. The number of pyridine rings is 1. The fourth-order valence-corrected chi connectivity index (χ4v) is 1.68. The van der Waals surface area contributed by atoms with Crippen LogP contribution in [0.15, 0.2) is 30.5 Å². The average Bonchev–Trinajstić information content (AvgIpc) is 2.38. The van der Waals surface area contributed by atoms with Crippen molar-refractivity contribution in [1.29, 1.82) is 0 Å². The Morgan fingerprint density at radius 1 is 1.44 bits per heavy atom. The number of hydrogen-bond donors (Lipinski definition) is 1. The highest BCUT2D eigenvalue weighted by Crippen LogP contribution is 2.31. The molecule has 0 saturated carbocycles. The number of nitrogens with zero attached hydrogens (tertiary/aromatic N) is 2. The summed E-state index contributed by atoms with van der Waals surface area (Å²) in [6, 6.07) is 7.25. The highest BCUT2D eigenvalue weighted by Gasteiger charge is 2.19. The molecule has 0 spiro atoms. The molecule has 1 atom stereocenters. The van der Waals surface area contributed by atoms with E-state index in [1.54, 1.807) is 13.0 Å². The van der Waals surface area contributed by atoms with Crippen molar-refractivity contribution in [1.82, 2.24) is 4.98 Å². The Balaban J connectivity index is 2.62. The van der Waals surface area contributed by atoms with E-state index in [0.717, 1.165) is 0 Å². The van der Waals surface area contributed by atoms with Crippen molar-refractivity contribution < 1.29 is 9.66 Å². The van der Waals surface area contributed by atoms with Crippen LogP contribution in [0, 0.1) is 10.1 Å². The van der Waals surface area contributed by atoms with Gasteiger partial charge in [0.05, 0.1) is 10.4 Å². The van der Waals surface area contributed by atoms with Crippen LogP contribution >= 0.6 is 0 Å². The third kappa shape index (κ3) is 2.23. The monoisotopic (exact) mass is 247 g/mol. The summed E-state index contributed by atoms with van der Waals surface area (Å²) in [5.74, 6) is 0. The van der Waals surface area contributed by atoms with Crippen molar-refractivity contribution in [2.75, 3.05) is 12.4 Å². The zero-order chi connectivity index (χ0) is 13.1. The molecule has 1 aromatic heterocycles. The van der Waals surface area contributed by atoms with Crippen molar-refractivity contribution in [3.8, 4) is 0 Å². The highest BCUT2D eigenvalue weighted by molar-refractivity contribution is 5.95. The summed E-state index contributed by atoms with van der Waals surface area (Å²) in [6.45, 7) is 1.78. The van der Waals surface area contributed by atoms with Crippen molar-refractivity contribution in [3.05, 3.63) is 40.6 Å². The van der Waals surface area contributed by atoms with Gasteiger partial charge in [-0.1, -0.05) is 18.2 Å². The minimum Gasteiger partial charge on any atom is -0.362 e. The smallest absolute Gasteiger partial charge is 0.311 e. The first kappa shape index (κ1) is 12.3. The number of nitro groups is 1. The lowest BCUT2D eigenvalue weighted by Gasteiger charge is -2.15. The van der Waals surface area contributed by atoms with Gasteiger partial charge in [0.1, 0.15) is 18.1 Å². The third-order valence-corrected chi connectivity index (χ3v) is 2.65. The van der Waals surface area contributed by atoms with Gasteiger partial charge in [0.15, 0.2) is 0 Å². The minimum atomic E-state index is -0.454. The zero-order valence-corrected chi connectivity index (χ0v) is 10.1. The van der Waals surface area contributed by atoms with E-state index >= 15 is 0 Å². The van der Waals surface area contributed by atoms with Crippen molar-refractivity contribution >= 4 is 22.3 Å². The summed E-state index contributed by atoms with van der Waals surface area (Å²) in [6.07, 6.45) is 0.932. The molecule has 0 aliphatic carbocycles. The lowest BCUT2D eigenvalue weighted by atomic mass is 10.1. The lowest BCUT2D eigenvalue weighted by Crippen LogP contribution is -2.18. The molecule has 0 aliphatic heterocycles. The molecule has 6 nitrogen and oxygen atoms in total. The normalized spacial score (nSPS) is 12.3. The lowest BCUT2D eigenvalue weighted by molar-refractivity contribution is -0.384. The van der Waals surface area contributed by atoms with Crippen LogP contribution in [0.1, 0.15) is 6.92 Å². The zero-order valence-electron chi connectivity index (χ0n) is 10.1. The maximum absolute atomic E-state index is 11.0. The first-order valence-electron chi connectivity index (χ1n) is 5.45. The van der Waals surface area contributed by atoms with Gasteiger partial charge in [0.25, 0.3) is 0 Å². The SMILES string of the molecule is COC(C)Nc1c([N+](=O)[O-])cnc2ccccc12. The van der Waals surface area contributed by atoms with E-state index in [4.69, 9.17) is 4.74 Å². The molecule has 0 aliphatic rings. The van der Waals surface area contributed by atoms with Gasteiger partial charge < -0.3 is 10.1 Å². The molecule has 0 fully saturated rings. The minimum absolute atomic E-state index is 0.0578. The topological polar surface area (TPSA) is 77.3 Å². The van der Waals surface area contributed by atoms with Crippen LogP contribution in [0.5, 0.6) is 0 Å². The van der Waals surface area contributed by atoms with Gasteiger partial charge >= 0.3 is 5.69 Å². The van der Waals surface area contributed by atoms with Crippen LogP contribution < -0.4 is 5.32 Å². The van der Waals surface area contributed by atoms with Gasteiger partial charge in [0, 0.05) is 12.5 Å². The quantitative estimate of drug-likeness (QED) is 0.510. The van der Waals surface area contributed by atoms with Gasteiger partial charge in [-0.25, -0.2) is 4.98 Å². The maximum atomic E-state index is 11.0. The van der Waals surface area contributed by atoms with Gasteiger partial charge in [-0.15, -0.1) is 0 Å². The Labute approximate surface area is 104 Å². The van der Waals surface area contributed by atoms with E-state index < -0.39 is 4.92 Å². The number of nitrogens with one attached hydrogen (secondary N) is 1. The summed E-state index contributed by atoms with van der Waals surface area (Å²) in [4.78, 5) is 14.6. The van der Waals surface area contributed by atoms with E-state index in [1.807, 2.05) is 18.2 Å². The van der Waals surface area contributed by atoms with Gasteiger partial charge in [-0.05, 0) is 13.0 Å². The van der Waals surface area contributed by atoms with E-state index in [0.29, 0.717) is 16.6 Å². The molecule has 1 unspecified atom stereocenters. The summed E-state index contributed by atoms with van der Waals surface area (Å²) in [5, 5.41) is 14.7. The van der Waals surface area contributed by atoms with Crippen LogP contribution in [-0.4, -0.2) is 23.2 Å². The average molecular weight is 247 g/mol. The summed E-state index contributed by atoms with van der Waals surface area (Å²) in [7, 11) is 1.53. The molecule has 6 heteroatoms. The molecule has 2 rings (SSSR count). The molecule has 18 heavy (non-hydrogen) atoms. The number of para-hydroxylation sites is 1. The maximum Gasteiger partial charge on any atom is 0.311 e. The molecule has 0 saturated heterocycles. The first-order chi connectivity index (χ1) is 8.63. The predicted octanol–water partition coefficient (Wildman–Crippen LogP) is 2.55. The molecule has 2 aromatic rings. The van der Waals surface area contributed by atoms with E-state index in [1.165, 1.54) is 13.3 Å². The van der Waals surface area contributed by atoms with Crippen LogP contribution in [-0.2, 0) is 4.74 Å². The molecule has 0 radical (unpaired) electrons. The number of fused-ring (bicyclic) bond motifs is 1. The van der Waals surface area contributed by atoms with Crippen molar-refractivity contribution in [2.24, 2.45) is 0 Å². The molecular weight excluding hydrogens is 234 g/mol. The Bertz CT molecular complexity index is 586. The number of anilines is 1. The first-order valence-corrected chi connectivity index (χ1v) is 5.45. The van der Waals surface area contributed by atoms with Gasteiger partial charge in [-0.3, -0.25) is 10.1 Å². The number of aromatic nitrogens is 1. The Hall–Kier alpha value is -2.21. The number of hydrogen-bond acceptors (Lipinski definition) is 5. The Kier molecular flexibility index (Phi) is 3.38.